The van der Waals surface area contributed by atoms with E-state index < -0.39 is 43.1 Å². The van der Waals surface area contributed by atoms with Gasteiger partial charge in [-0.15, -0.1) is 0 Å². The number of rotatable bonds is 12. The van der Waals surface area contributed by atoms with E-state index in [1.54, 1.807) is 0 Å². The molecule has 2 aliphatic heterocycles. The van der Waals surface area contributed by atoms with Gasteiger partial charge in [-0.3, -0.25) is 23.7 Å². The predicted molar refractivity (Wildman–Crippen MR) is 155 cm³/mol. The van der Waals surface area contributed by atoms with E-state index in [1.165, 1.54) is 9.80 Å². The van der Waals surface area contributed by atoms with E-state index in [4.69, 9.17) is 11.5 Å². The minimum absolute atomic E-state index is 0.208. The van der Waals surface area contributed by atoms with Gasteiger partial charge < -0.3 is 26.2 Å². The van der Waals surface area contributed by atoms with Crippen molar-refractivity contribution in [2.24, 2.45) is 23.3 Å². The Kier molecular flexibility index (Phi) is 9.99. The maximum absolute atomic E-state index is 13.9. The average Bonchev–Trinajstić information content (AvgIpc) is 3.63. The summed E-state index contributed by atoms with van der Waals surface area (Å²) < 4.78 is 13.9. The van der Waals surface area contributed by atoms with Crippen molar-refractivity contribution in [1.29, 1.82) is 0 Å². The molecule has 4 amide bonds. The lowest BCUT2D eigenvalue weighted by Gasteiger charge is -2.31. The normalized spacial score (nSPS) is 21.7. The highest BCUT2D eigenvalue weighted by molar-refractivity contribution is 7.58. The highest BCUT2D eigenvalue weighted by atomic mass is 31.2. The second-order valence-corrected chi connectivity index (χ2v) is 13.6. The van der Waals surface area contributed by atoms with E-state index >= 15 is 0 Å². The smallest absolute Gasteiger partial charge is 0.240 e. The van der Waals surface area contributed by atoms with Crippen molar-refractivity contribution in [2.45, 2.75) is 50.6 Å². The van der Waals surface area contributed by atoms with Crippen LogP contribution in [0, 0.1) is 11.8 Å². The average molecular weight is 583 g/mol. The monoisotopic (exact) mass is 582 g/mol. The molecule has 2 aliphatic rings. The first-order valence-corrected chi connectivity index (χ1v) is 16.2. The van der Waals surface area contributed by atoms with Crippen LogP contribution in [-0.4, -0.2) is 75.8 Å². The molecule has 2 unspecified atom stereocenters. The van der Waals surface area contributed by atoms with Crippen LogP contribution in [0.4, 0.5) is 0 Å². The van der Waals surface area contributed by atoms with E-state index in [2.05, 4.69) is 0 Å². The van der Waals surface area contributed by atoms with E-state index in [9.17, 15) is 28.6 Å². The Morgan fingerprint density at radius 3 is 1.44 bits per heavy atom. The molecule has 4 rings (SSSR count). The standard InChI is InChI=1S/C30H39N4O6P/c31-27(35)25-13-7-15-33(25)29(37)23(17-21-9-3-1-4-10-21)19-41(39,40)20-24(18-22-11-5-2-6-12-22)30(38)34-16-8-14-26(34)28(32)36/h1-6,9-12,23-26H,7-8,13-20H2,(H2,31,35)(H2,32,36)(H,39,40)/t23?,24?,25-,26-/m0/s1. The van der Waals surface area contributed by atoms with Crippen molar-refractivity contribution in [2.75, 3.05) is 25.4 Å². The second kappa shape index (κ2) is 13.4. The zero-order valence-corrected chi connectivity index (χ0v) is 24.0. The van der Waals surface area contributed by atoms with Gasteiger partial charge in [0.1, 0.15) is 12.1 Å². The largest absolute Gasteiger partial charge is 0.368 e. The summed E-state index contributed by atoms with van der Waals surface area (Å²) in [5, 5.41) is 0. The number of nitrogens with two attached hydrogens (primary N) is 2. The molecular formula is C30H39N4O6P. The number of nitrogens with zero attached hydrogens (tertiary/aromatic N) is 2. The molecule has 220 valence electrons. The third-order valence-electron chi connectivity index (χ3n) is 8.09. The van der Waals surface area contributed by atoms with Gasteiger partial charge >= 0.3 is 0 Å². The summed E-state index contributed by atoms with van der Waals surface area (Å²) in [4.78, 5) is 65.8. The van der Waals surface area contributed by atoms with Crippen molar-refractivity contribution in [1.82, 2.24) is 9.80 Å². The Labute approximate surface area is 240 Å². The van der Waals surface area contributed by atoms with Gasteiger partial charge in [0.05, 0.1) is 11.8 Å². The molecular weight excluding hydrogens is 543 g/mol. The lowest BCUT2D eigenvalue weighted by molar-refractivity contribution is -0.140. The van der Waals surface area contributed by atoms with Crippen LogP contribution in [0.25, 0.3) is 0 Å². The molecule has 2 saturated heterocycles. The summed E-state index contributed by atoms with van der Waals surface area (Å²) in [6.07, 6.45) is 1.89. The Morgan fingerprint density at radius 2 is 1.10 bits per heavy atom. The van der Waals surface area contributed by atoms with Crippen LogP contribution >= 0.6 is 7.37 Å². The number of hydrogen-bond donors (Lipinski definition) is 3. The van der Waals surface area contributed by atoms with Gasteiger partial charge in [0.2, 0.25) is 31.0 Å². The minimum Gasteiger partial charge on any atom is -0.368 e. The third kappa shape index (κ3) is 7.83. The first kappa shape index (κ1) is 30.5. The number of benzene rings is 2. The fraction of sp³-hybridized carbons (Fsp3) is 0.467. The van der Waals surface area contributed by atoms with Crippen molar-refractivity contribution < 1.29 is 28.6 Å². The van der Waals surface area contributed by atoms with Crippen LogP contribution < -0.4 is 11.5 Å². The van der Waals surface area contributed by atoms with Gasteiger partial charge in [-0.25, -0.2) is 0 Å². The molecule has 0 radical (unpaired) electrons. The molecule has 10 nitrogen and oxygen atoms in total. The van der Waals surface area contributed by atoms with Crippen LogP contribution in [0.3, 0.4) is 0 Å². The summed E-state index contributed by atoms with van der Waals surface area (Å²) >= 11 is 0. The lowest BCUT2D eigenvalue weighted by Crippen LogP contribution is -2.48. The summed E-state index contributed by atoms with van der Waals surface area (Å²) in [5.41, 5.74) is 12.8. The van der Waals surface area contributed by atoms with Crippen molar-refractivity contribution >= 4 is 31.0 Å². The molecule has 0 saturated carbocycles. The number of carbonyl (C=O) groups is 4. The third-order valence-corrected chi connectivity index (χ3v) is 10.1. The van der Waals surface area contributed by atoms with Gasteiger partial charge in [0, 0.05) is 25.4 Å². The SMILES string of the molecule is NC(=O)[C@@H]1CCCN1C(=O)C(Cc1ccccc1)CP(=O)(O)CC(Cc1ccccc1)C(=O)N1CCC[C@H]1C(N)=O. The summed E-state index contributed by atoms with van der Waals surface area (Å²) in [5.74, 6) is -3.72. The van der Waals surface area contributed by atoms with E-state index in [0.717, 1.165) is 11.1 Å². The van der Waals surface area contributed by atoms with Gasteiger partial charge in [0.15, 0.2) is 0 Å². The Morgan fingerprint density at radius 1 is 0.732 bits per heavy atom. The molecule has 0 bridgehead atoms. The number of likely N-dealkylation sites (tertiary alicyclic amines) is 2. The molecule has 2 fully saturated rings. The van der Waals surface area contributed by atoms with Crippen molar-refractivity contribution in [3.63, 3.8) is 0 Å². The van der Waals surface area contributed by atoms with Crippen LogP contribution in [-0.2, 0) is 36.6 Å². The maximum Gasteiger partial charge on any atom is 0.240 e. The minimum atomic E-state index is -4.08. The predicted octanol–water partition coefficient (Wildman–Crippen LogP) is 1.93. The summed E-state index contributed by atoms with van der Waals surface area (Å²) in [7, 11) is -4.08. The van der Waals surface area contributed by atoms with Crippen LogP contribution in [0.1, 0.15) is 36.8 Å². The quantitative estimate of drug-likeness (QED) is 0.324. The van der Waals surface area contributed by atoms with Crippen LogP contribution in [0.2, 0.25) is 0 Å². The van der Waals surface area contributed by atoms with Crippen LogP contribution in [0.15, 0.2) is 60.7 Å². The van der Waals surface area contributed by atoms with Gasteiger partial charge in [0.25, 0.3) is 0 Å². The fourth-order valence-corrected chi connectivity index (χ4v) is 8.24. The van der Waals surface area contributed by atoms with Gasteiger partial charge in [-0.2, -0.15) is 0 Å². The lowest BCUT2D eigenvalue weighted by atomic mass is 9.99. The van der Waals surface area contributed by atoms with Crippen molar-refractivity contribution in [3.05, 3.63) is 71.8 Å². The van der Waals surface area contributed by atoms with Gasteiger partial charge in [-0.1, -0.05) is 60.7 Å². The first-order chi connectivity index (χ1) is 19.6. The molecule has 2 aromatic rings. The molecule has 41 heavy (non-hydrogen) atoms. The first-order valence-electron chi connectivity index (χ1n) is 14.1. The highest BCUT2D eigenvalue weighted by Gasteiger charge is 2.42. The molecule has 11 heteroatoms. The van der Waals surface area contributed by atoms with Gasteiger partial charge in [-0.05, 0) is 49.7 Å². The molecule has 0 spiro atoms. The molecule has 5 N–H and O–H groups in total. The Hall–Kier alpha value is -3.49. The number of amides is 4. The fourth-order valence-electron chi connectivity index (χ4n) is 6.14. The Balaban J connectivity index is 1.59. The van der Waals surface area contributed by atoms with Crippen LogP contribution in [0.5, 0.6) is 0 Å². The zero-order chi connectivity index (χ0) is 29.6. The summed E-state index contributed by atoms with van der Waals surface area (Å²) in [6.45, 7) is 0.706. The van der Waals surface area contributed by atoms with E-state index in [0.29, 0.717) is 38.8 Å². The number of carbonyl (C=O) groups excluding carboxylic acids is 4. The van der Waals surface area contributed by atoms with E-state index in [-0.39, 0.29) is 37.0 Å². The van der Waals surface area contributed by atoms with E-state index in [1.807, 2.05) is 60.7 Å². The highest BCUT2D eigenvalue weighted by Crippen LogP contribution is 2.46. The molecule has 4 atom stereocenters. The molecule has 0 aliphatic carbocycles. The number of hydrogen-bond acceptors (Lipinski definition) is 5. The summed E-state index contributed by atoms with van der Waals surface area (Å²) in [6, 6.07) is 16.9. The molecule has 2 aromatic carbocycles. The Bertz CT molecular complexity index is 1190. The maximum atomic E-state index is 13.9. The topological polar surface area (TPSA) is 164 Å². The molecule has 0 aromatic heterocycles. The zero-order valence-electron chi connectivity index (χ0n) is 23.1. The molecule has 2 heterocycles. The number of primary amides is 2. The van der Waals surface area contributed by atoms with Crippen molar-refractivity contribution in [3.8, 4) is 0 Å². The second-order valence-electron chi connectivity index (χ2n) is 11.2.